The summed E-state index contributed by atoms with van der Waals surface area (Å²) in [5, 5.41) is 10.8. The molecule has 13 heteroatoms. The van der Waals surface area contributed by atoms with Gasteiger partial charge in [-0.1, -0.05) is 11.3 Å². The molecule has 1 amide bonds. The summed E-state index contributed by atoms with van der Waals surface area (Å²) in [4.78, 5) is 28.7. The lowest BCUT2D eigenvalue weighted by Gasteiger charge is -2.14. The molecule has 0 saturated carbocycles. The zero-order valence-electron chi connectivity index (χ0n) is 17.3. The number of nitrogens with one attached hydrogen (secondary N) is 2. The number of amides is 1. The van der Waals surface area contributed by atoms with Crippen LogP contribution >= 0.6 is 11.3 Å². The molecule has 0 saturated heterocycles. The molecule has 4 rings (SSSR count). The van der Waals surface area contributed by atoms with Crippen molar-refractivity contribution in [2.24, 2.45) is 0 Å². The van der Waals surface area contributed by atoms with E-state index < -0.39 is 28.0 Å². The molecule has 0 aliphatic rings. The highest BCUT2D eigenvalue weighted by Gasteiger charge is 2.21. The second-order valence-corrected chi connectivity index (χ2v) is 9.69. The second kappa shape index (κ2) is 8.96. The molecule has 0 spiro atoms. The Labute approximate surface area is 191 Å². The summed E-state index contributed by atoms with van der Waals surface area (Å²) in [7, 11) is -3.86. The highest BCUT2D eigenvalue weighted by Crippen LogP contribution is 2.21. The number of esters is 1. The highest BCUT2D eigenvalue weighted by molar-refractivity contribution is 7.93. The van der Waals surface area contributed by atoms with Gasteiger partial charge in [0, 0.05) is 5.69 Å². The second-order valence-electron chi connectivity index (χ2n) is 6.83. The van der Waals surface area contributed by atoms with E-state index in [0.29, 0.717) is 21.8 Å². The van der Waals surface area contributed by atoms with Gasteiger partial charge in [-0.25, -0.2) is 18.2 Å². The van der Waals surface area contributed by atoms with E-state index >= 15 is 0 Å². The predicted molar refractivity (Wildman–Crippen MR) is 119 cm³/mol. The van der Waals surface area contributed by atoms with Crippen LogP contribution < -0.4 is 10.0 Å². The minimum absolute atomic E-state index is 0.0175. The smallest absolute Gasteiger partial charge is 0.338 e. The molecule has 33 heavy (non-hydrogen) atoms. The van der Waals surface area contributed by atoms with E-state index in [1.54, 1.807) is 13.0 Å². The summed E-state index contributed by atoms with van der Waals surface area (Å²) in [6.07, 6.45) is 0.163. The quantitative estimate of drug-likeness (QED) is 0.374. The molecule has 2 aromatic carbocycles. The van der Waals surface area contributed by atoms with Crippen LogP contribution in [0.3, 0.4) is 0 Å². The molecule has 170 valence electrons. The van der Waals surface area contributed by atoms with Gasteiger partial charge in [-0.15, -0.1) is 10.2 Å². The number of hydrogen-bond donors (Lipinski definition) is 2. The van der Waals surface area contributed by atoms with Crippen LogP contribution in [-0.4, -0.2) is 41.6 Å². The predicted octanol–water partition coefficient (Wildman–Crippen LogP) is 2.97. The summed E-state index contributed by atoms with van der Waals surface area (Å²) in [6, 6.07) is 10.1. The molecule has 0 radical (unpaired) electrons. The zero-order valence-corrected chi connectivity index (χ0v) is 18.9. The van der Waals surface area contributed by atoms with Crippen molar-refractivity contribution in [3.05, 3.63) is 59.4 Å². The number of carbonyl (C=O) groups is 2. The number of aryl methyl sites for hydroxylation is 1. The molecular formula is C20H17N5O6S2. The maximum absolute atomic E-state index is 12.4. The summed E-state index contributed by atoms with van der Waals surface area (Å²) in [5.74, 6) is -1.27. The maximum Gasteiger partial charge on any atom is 0.338 e. The van der Waals surface area contributed by atoms with Crippen LogP contribution in [0.5, 0.6) is 0 Å². The van der Waals surface area contributed by atoms with Gasteiger partial charge in [0.05, 0.1) is 10.5 Å². The zero-order chi connectivity index (χ0) is 23.6. The van der Waals surface area contributed by atoms with E-state index in [2.05, 4.69) is 25.2 Å². The number of sulfonamides is 1. The van der Waals surface area contributed by atoms with Gasteiger partial charge in [-0.05, 0) is 56.3 Å². The fourth-order valence-electron chi connectivity index (χ4n) is 2.74. The van der Waals surface area contributed by atoms with Crippen molar-refractivity contribution < 1.29 is 27.2 Å². The maximum atomic E-state index is 12.4. The normalized spacial score (nSPS) is 12.3. The molecule has 11 nitrogen and oxygen atoms in total. The fraction of sp³-hybridized carbons (Fsp3) is 0.150. The number of fused-ring (bicyclic) bond motifs is 1. The topological polar surface area (TPSA) is 153 Å². The Bertz CT molecular complexity index is 1430. The Morgan fingerprint density at radius 1 is 1.12 bits per heavy atom. The minimum atomic E-state index is -3.86. The average Bonchev–Trinajstić information content (AvgIpc) is 3.41. The van der Waals surface area contributed by atoms with Gasteiger partial charge in [0.2, 0.25) is 5.13 Å². The first kappa shape index (κ1) is 22.4. The van der Waals surface area contributed by atoms with Crippen molar-refractivity contribution in [3.8, 4) is 0 Å². The minimum Gasteiger partial charge on any atom is -0.449 e. The third-order valence-electron chi connectivity index (χ3n) is 4.40. The van der Waals surface area contributed by atoms with Gasteiger partial charge in [0.15, 0.2) is 18.1 Å². The van der Waals surface area contributed by atoms with E-state index in [-0.39, 0.29) is 15.6 Å². The Kier molecular flexibility index (Phi) is 6.07. The van der Waals surface area contributed by atoms with Gasteiger partial charge in [0.1, 0.15) is 10.5 Å². The van der Waals surface area contributed by atoms with Gasteiger partial charge >= 0.3 is 5.97 Å². The van der Waals surface area contributed by atoms with Gasteiger partial charge in [-0.3, -0.25) is 9.52 Å². The molecule has 1 atom stereocenters. The summed E-state index contributed by atoms with van der Waals surface area (Å²) < 4.78 is 37.6. The van der Waals surface area contributed by atoms with Crippen LogP contribution in [-0.2, 0) is 19.6 Å². The molecular weight excluding hydrogens is 470 g/mol. The molecule has 0 bridgehead atoms. The average molecular weight is 488 g/mol. The number of carbonyl (C=O) groups excluding carboxylic acids is 2. The number of hydrogen-bond acceptors (Lipinski definition) is 10. The Morgan fingerprint density at radius 3 is 2.58 bits per heavy atom. The Hall–Kier alpha value is -3.84. The monoisotopic (exact) mass is 487 g/mol. The number of oxazole rings is 1. The van der Waals surface area contributed by atoms with Crippen LogP contribution in [0, 0.1) is 6.92 Å². The SMILES string of the molecule is Cc1nnc(NS(=O)(=O)c2ccc(NC(=O)C(C)OC(=O)c3ccc4ocnc4c3)cc2)s1. The van der Waals surface area contributed by atoms with Crippen molar-refractivity contribution in [2.75, 3.05) is 10.0 Å². The third kappa shape index (κ3) is 5.15. The first-order valence-electron chi connectivity index (χ1n) is 9.49. The first-order chi connectivity index (χ1) is 15.7. The lowest BCUT2D eigenvalue weighted by atomic mass is 10.2. The van der Waals surface area contributed by atoms with Crippen molar-refractivity contribution in [1.29, 1.82) is 0 Å². The van der Waals surface area contributed by atoms with E-state index in [9.17, 15) is 18.0 Å². The van der Waals surface area contributed by atoms with Crippen LogP contribution in [0.4, 0.5) is 10.8 Å². The summed E-state index contributed by atoms with van der Waals surface area (Å²) in [5.41, 5.74) is 1.57. The number of aromatic nitrogens is 3. The number of benzene rings is 2. The van der Waals surface area contributed by atoms with Crippen LogP contribution in [0.1, 0.15) is 22.3 Å². The molecule has 2 heterocycles. The molecule has 2 aromatic heterocycles. The number of anilines is 2. The van der Waals surface area contributed by atoms with Crippen molar-refractivity contribution >= 4 is 55.2 Å². The van der Waals surface area contributed by atoms with E-state index in [1.165, 1.54) is 49.7 Å². The lowest BCUT2D eigenvalue weighted by Crippen LogP contribution is -2.30. The Balaban J connectivity index is 1.36. The molecule has 0 aliphatic heterocycles. The fourth-order valence-corrected chi connectivity index (χ4v) is 4.56. The van der Waals surface area contributed by atoms with Crippen molar-refractivity contribution in [2.45, 2.75) is 24.8 Å². The van der Waals surface area contributed by atoms with Crippen molar-refractivity contribution in [3.63, 3.8) is 0 Å². The molecule has 1 unspecified atom stereocenters. The van der Waals surface area contributed by atoms with Gasteiger partial charge in [-0.2, -0.15) is 0 Å². The van der Waals surface area contributed by atoms with E-state index in [4.69, 9.17) is 9.15 Å². The van der Waals surface area contributed by atoms with Crippen LogP contribution in [0.15, 0.2) is 58.2 Å². The molecule has 4 aromatic rings. The number of rotatable bonds is 7. The molecule has 2 N–H and O–H groups in total. The van der Waals surface area contributed by atoms with Gasteiger partial charge < -0.3 is 14.5 Å². The third-order valence-corrected chi connectivity index (χ3v) is 6.64. The van der Waals surface area contributed by atoms with Gasteiger partial charge in [0.25, 0.3) is 15.9 Å². The van der Waals surface area contributed by atoms with Crippen LogP contribution in [0.25, 0.3) is 11.1 Å². The standard InChI is InChI=1S/C20H17N5O6S2/c1-11(31-19(27)13-3-8-17-16(9-13)21-10-30-17)18(26)22-14-4-6-15(7-5-14)33(28,29)25-20-24-23-12(2)32-20/h3-11H,1-2H3,(H,22,26)(H,24,25). The number of ether oxygens (including phenoxy) is 1. The molecule has 0 aliphatic carbocycles. The van der Waals surface area contributed by atoms with Crippen LogP contribution in [0.2, 0.25) is 0 Å². The first-order valence-corrected chi connectivity index (χ1v) is 11.8. The summed E-state index contributed by atoms with van der Waals surface area (Å²) in [6.45, 7) is 3.13. The highest BCUT2D eigenvalue weighted by atomic mass is 32.2. The largest absolute Gasteiger partial charge is 0.449 e. The van der Waals surface area contributed by atoms with E-state index in [0.717, 1.165) is 11.3 Å². The van der Waals surface area contributed by atoms with E-state index in [1.807, 2.05) is 0 Å². The lowest BCUT2D eigenvalue weighted by molar-refractivity contribution is -0.123. The Morgan fingerprint density at radius 2 is 1.88 bits per heavy atom. The summed E-state index contributed by atoms with van der Waals surface area (Å²) >= 11 is 1.11. The van der Waals surface area contributed by atoms with Crippen molar-refractivity contribution in [1.82, 2.24) is 15.2 Å². The number of nitrogens with zero attached hydrogens (tertiary/aromatic N) is 3. The molecule has 0 fully saturated rings.